The van der Waals surface area contributed by atoms with Crippen molar-refractivity contribution in [3.63, 3.8) is 0 Å². The lowest BCUT2D eigenvalue weighted by molar-refractivity contribution is -0.151. The maximum Gasteiger partial charge on any atom is 0.329 e. The van der Waals surface area contributed by atoms with E-state index in [1.807, 2.05) is 0 Å². The normalized spacial score (nSPS) is 13.1. The molecule has 1 aromatic rings. The number of amides is 1. The molecule has 7 heteroatoms. The van der Waals surface area contributed by atoms with Gasteiger partial charge < -0.3 is 20.8 Å². The number of carbonyl (C=O) groups is 3. The van der Waals surface area contributed by atoms with Gasteiger partial charge in [-0.15, -0.1) is 0 Å². The monoisotopic (exact) mass is 322 g/mol. The van der Waals surface area contributed by atoms with Crippen molar-refractivity contribution in [2.24, 2.45) is 0 Å². The summed E-state index contributed by atoms with van der Waals surface area (Å²) in [6, 6.07) is 6.41. The summed E-state index contributed by atoms with van der Waals surface area (Å²) in [7, 11) is 0. The molecule has 1 atom stereocenters. The average Bonchev–Trinajstić information content (AvgIpc) is 2.51. The van der Waals surface area contributed by atoms with E-state index in [0.29, 0.717) is 0 Å². The summed E-state index contributed by atoms with van der Waals surface area (Å²) in [6.45, 7) is 3.42. The molecular weight excluding hydrogens is 300 g/mol. The first-order valence-corrected chi connectivity index (χ1v) is 7.41. The van der Waals surface area contributed by atoms with E-state index in [-0.39, 0.29) is 37.1 Å². The van der Waals surface area contributed by atoms with Gasteiger partial charge >= 0.3 is 11.9 Å². The second-order valence-corrected chi connectivity index (χ2v) is 5.22. The van der Waals surface area contributed by atoms with Crippen LogP contribution in [0.15, 0.2) is 24.3 Å². The van der Waals surface area contributed by atoms with E-state index < -0.39 is 23.4 Å². The van der Waals surface area contributed by atoms with Crippen molar-refractivity contribution in [3.8, 4) is 0 Å². The molecule has 4 N–H and O–H groups in total. The lowest BCUT2D eigenvalue weighted by Gasteiger charge is -2.39. The Labute approximate surface area is 134 Å². The molecule has 1 aromatic carbocycles. The number of rotatable bonds is 8. The third kappa shape index (κ3) is 3.80. The summed E-state index contributed by atoms with van der Waals surface area (Å²) in [6.07, 6.45) is -0.406. The van der Waals surface area contributed by atoms with E-state index in [1.54, 1.807) is 32.0 Å². The second-order valence-electron chi connectivity index (χ2n) is 5.22. The maximum absolute atomic E-state index is 12.8. The summed E-state index contributed by atoms with van der Waals surface area (Å²) in [4.78, 5) is 36.7. The van der Waals surface area contributed by atoms with Crippen molar-refractivity contribution in [1.82, 2.24) is 4.90 Å². The standard InChI is InChI=1S/C16H22N2O5/c1-3-16(15(22)23,10-9-13(19)20)18(4-2)14(21)11-7-5-6-8-12(11)17/h5-8H,3-4,9-10,17H2,1-2H3,(H,19,20)(H,22,23)/t16-/m0/s1. The van der Waals surface area contributed by atoms with E-state index in [4.69, 9.17) is 10.8 Å². The third-order valence-corrected chi connectivity index (χ3v) is 4.00. The number of hydrogen-bond acceptors (Lipinski definition) is 4. The Morgan fingerprint density at radius 1 is 1.17 bits per heavy atom. The van der Waals surface area contributed by atoms with E-state index in [9.17, 15) is 19.5 Å². The van der Waals surface area contributed by atoms with Crippen molar-refractivity contribution < 1.29 is 24.6 Å². The number of carboxylic acid groups (broad SMARTS) is 2. The van der Waals surface area contributed by atoms with Gasteiger partial charge in [0.2, 0.25) is 0 Å². The molecule has 0 saturated carbocycles. The highest BCUT2D eigenvalue weighted by Gasteiger charge is 2.45. The zero-order valence-corrected chi connectivity index (χ0v) is 13.3. The zero-order valence-electron chi connectivity index (χ0n) is 13.3. The van der Waals surface area contributed by atoms with Crippen LogP contribution in [0, 0.1) is 0 Å². The first-order chi connectivity index (χ1) is 10.8. The quantitative estimate of drug-likeness (QED) is 0.628. The molecule has 1 amide bonds. The zero-order chi connectivity index (χ0) is 17.6. The maximum atomic E-state index is 12.8. The molecule has 0 aliphatic rings. The largest absolute Gasteiger partial charge is 0.481 e. The van der Waals surface area contributed by atoms with E-state index in [0.717, 1.165) is 0 Å². The van der Waals surface area contributed by atoms with Gasteiger partial charge in [-0.1, -0.05) is 19.1 Å². The summed E-state index contributed by atoms with van der Waals surface area (Å²) >= 11 is 0. The lowest BCUT2D eigenvalue weighted by atomic mass is 9.87. The molecule has 0 aromatic heterocycles. The number of carbonyl (C=O) groups excluding carboxylic acids is 1. The smallest absolute Gasteiger partial charge is 0.329 e. The second kappa shape index (κ2) is 7.62. The van der Waals surface area contributed by atoms with Crippen LogP contribution in [0.3, 0.4) is 0 Å². The summed E-state index contributed by atoms with van der Waals surface area (Å²) in [5, 5.41) is 18.6. The molecule has 0 aliphatic heterocycles. The number of nitrogen functional groups attached to an aromatic ring is 1. The van der Waals surface area contributed by atoms with Crippen LogP contribution >= 0.6 is 0 Å². The fourth-order valence-corrected chi connectivity index (χ4v) is 2.67. The Morgan fingerprint density at radius 3 is 2.22 bits per heavy atom. The molecule has 0 fully saturated rings. The van der Waals surface area contributed by atoms with Gasteiger partial charge in [0.25, 0.3) is 5.91 Å². The van der Waals surface area contributed by atoms with E-state index in [1.165, 1.54) is 11.0 Å². The molecule has 126 valence electrons. The van der Waals surface area contributed by atoms with Crippen molar-refractivity contribution in [2.75, 3.05) is 12.3 Å². The Kier molecular flexibility index (Phi) is 6.12. The van der Waals surface area contributed by atoms with Crippen molar-refractivity contribution in [2.45, 2.75) is 38.6 Å². The van der Waals surface area contributed by atoms with Crippen LogP contribution in [0.4, 0.5) is 5.69 Å². The Bertz CT molecular complexity index is 602. The number of aliphatic carboxylic acids is 2. The highest BCUT2D eigenvalue weighted by Crippen LogP contribution is 2.29. The number of benzene rings is 1. The van der Waals surface area contributed by atoms with Gasteiger partial charge in [0.15, 0.2) is 0 Å². The number of nitrogens with zero attached hydrogens (tertiary/aromatic N) is 1. The van der Waals surface area contributed by atoms with Gasteiger partial charge in [-0.05, 0) is 31.9 Å². The van der Waals surface area contributed by atoms with Crippen LogP contribution in [0.1, 0.15) is 43.5 Å². The molecular formula is C16H22N2O5. The Balaban J connectivity index is 3.29. The molecule has 7 nitrogen and oxygen atoms in total. The Morgan fingerprint density at radius 2 is 1.78 bits per heavy atom. The van der Waals surface area contributed by atoms with Gasteiger partial charge in [0.1, 0.15) is 5.54 Å². The fraction of sp³-hybridized carbons (Fsp3) is 0.438. The molecule has 0 heterocycles. The fourth-order valence-electron chi connectivity index (χ4n) is 2.67. The van der Waals surface area contributed by atoms with E-state index in [2.05, 4.69) is 0 Å². The highest BCUT2D eigenvalue weighted by atomic mass is 16.4. The Hall–Kier alpha value is -2.57. The highest BCUT2D eigenvalue weighted by molar-refractivity contribution is 6.01. The minimum atomic E-state index is -1.58. The van der Waals surface area contributed by atoms with Crippen LogP contribution in [0.2, 0.25) is 0 Å². The SMILES string of the molecule is CCN(C(=O)c1ccccc1N)[C@@](CC)(CCC(=O)O)C(=O)O. The van der Waals surface area contributed by atoms with E-state index >= 15 is 0 Å². The van der Waals surface area contributed by atoms with Gasteiger partial charge in [-0.2, -0.15) is 0 Å². The molecule has 0 radical (unpaired) electrons. The first kappa shape index (κ1) is 18.5. The lowest BCUT2D eigenvalue weighted by Crippen LogP contribution is -2.57. The van der Waals surface area contributed by atoms with Crippen LogP contribution < -0.4 is 5.73 Å². The minimum absolute atomic E-state index is 0.0991. The molecule has 0 bridgehead atoms. The number of carboxylic acids is 2. The average molecular weight is 322 g/mol. The molecule has 0 saturated heterocycles. The van der Waals surface area contributed by atoms with Crippen molar-refractivity contribution in [3.05, 3.63) is 29.8 Å². The number of likely N-dealkylation sites (N-methyl/N-ethyl adjacent to an activating group) is 1. The minimum Gasteiger partial charge on any atom is -0.481 e. The van der Waals surface area contributed by atoms with Gasteiger partial charge in [0, 0.05) is 18.7 Å². The molecule has 0 unspecified atom stereocenters. The summed E-state index contributed by atoms with van der Waals surface area (Å²) < 4.78 is 0. The first-order valence-electron chi connectivity index (χ1n) is 7.41. The van der Waals surface area contributed by atoms with Crippen LogP contribution in [0.5, 0.6) is 0 Å². The van der Waals surface area contributed by atoms with Crippen LogP contribution in [-0.2, 0) is 9.59 Å². The van der Waals surface area contributed by atoms with Gasteiger partial charge in [-0.3, -0.25) is 9.59 Å². The molecule has 23 heavy (non-hydrogen) atoms. The third-order valence-electron chi connectivity index (χ3n) is 4.00. The molecule has 0 aliphatic carbocycles. The van der Waals surface area contributed by atoms with Gasteiger partial charge in [-0.25, -0.2) is 4.79 Å². The van der Waals surface area contributed by atoms with Crippen molar-refractivity contribution >= 4 is 23.5 Å². The number of para-hydroxylation sites is 1. The molecule has 0 spiro atoms. The van der Waals surface area contributed by atoms with Gasteiger partial charge in [0.05, 0.1) is 5.56 Å². The van der Waals surface area contributed by atoms with Crippen LogP contribution in [0.25, 0.3) is 0 Å². The number of hydrogen-bond donors (Lipinski definition) is 3. The summed E-state index contributed by atoms with van der Waals surface area (Å²) in [5.41, 5.74) is 4.70. The number of anilines is 1. The van der Waals surface area contributed by atoms with Crippen molar-refractivity contribution in [1.29, 1.82) is 0 Å². The topological polar surface area (TPSA) is 121 Å². The molecule has 1 rings (SSSR count). The van der Waals surface area contributed by atoms with Crippen LogP contribution in [-0.4, -0.2) is 45.0 Å². The number of nitrogens with two attached hydrogens (primary N) is 1. The predicted octanol–water partition coefficient (Wildman–Crippen LogP) is 1.83. The predicted molar refractivity (Wildman–Crippen MR) is 85.1 cm³/mol. The summed E-state index contributed by atoms with van der Waals surface area (Å²) in [5.74, 6) is -2.84.